The summed E-state index contributed by atoms with van der Waals surface area (Å²) in [5.41, 5.74) is 0.635. The Hall–Kier alpha value is -1.29. The Labute approximate surface area is 123 Å². The molecule has 0 amide bonds. The molecule has 3 unspecified atom stereocenters. The van der Waals surface area contributed by atoms with Gasteiger partial charge in [0.05, 0.1) is 5.92 Å². The number of ketones is 1. The van der Waals surface area contributed by atoms with Crippen LogP contribution >= 0.6 is 11.8 Å². The second-order valence-corrected chi connectivity index (χ2v) is 6.27. The van der Waals surface area contributed by atoms with Crippen LogP contribution in [0.25, 0.3) is 0 Å². The van der Waals surface area contributed by atoms with Gasteiger partial charge in [0.1, 0.15) is 0 Å². The summed E-state index contributed by atoms with van der Waals surface area (Å²) in [6, 6.07) is 7.46. The Balaban J connectivity index is 2.19. The standard InChI is InChI=1S/C16H20O3S/c1-3-10-8-13(14(9-10)16(18)19)15(17)11-4-6-12(20-2)7-5-11/h4-7,10,13-14H,3,8-9H2,1-2H3,(H,18,19). The second-order valence-electron chi connectivity index (χ2n) is 5.39. The molecule has 0 heterocycles. The number of thioether (sulfide) groups is 1. The first-order chi connectivity index (χ1) is 9.56. The maximum absolute atomic E-state index is 12.6. The van der Waals surface area contributed by atoms with Crippen molar-refractivity contribution in [3.05, 3.63) is 29.8 Å². The Bertz CT molecular complexity index is 495. The van der Waals surface area contributed by atoms with Crippen molar-refractivity contribution in [2.45, 2.75) is 31.1 Å². The Morgan fingerprint density at radius 1 is 1.20 bits per heavy atom. The number of carbonyl (C=O) groups is 2. The third kappa shape index (κ3) is 3.06. The number of benzene rings is 1. The van der Waals surface area contributed by atoms with Crippen molar-refractivity contribution < 1.29 is 14.7 Å². The molecule has 0 saturated heterocycles. The summed E-state index contributed by atoms with van der Waals surface area (Å²) in [4.78, 5) is 25.0. The van der Waals surface area contributed by atoms with E-state index in [9.17, 15) is 14.7 Å². The van der Waals surface area contributed by atoms with Gasteiger partial charge in [-0.3, -0.25) is 9.59 Å². The van der Waals surface area contributed by atoms with Crippen LogP contribution in [0.4, 0.5) is 0 Å². The van der Waals surface area contributed by atoms with Gasteiger partial charge in [-0.1, -0.05) is 25.5 Å². The first-order valence-electron chi connectivity index (χ1n) is 6.97. The monoisotopic (exact) mass is 292 g/mol. The number of hydrogen-bond donors (Lipinski definition) is 1. The van der Waals surface area contributed by atoms with Crippen LogP contribution < -0.4 is 0 Å². The molecular formula is C16H20O3S. The highest BCUT2D eigenvalue weighted by atomic mass is 32.2. The molecule has 1 aliphatic rings. The fourth-order valence-electron chi connectivity index (χ4n) is 3.01. The average molecular weight is 292 g/mol. The lowest BCUT2D eigenvalue weighted by molar-refractivity contribution is -0.142. The van der Waals surface area contributed by atoms with E-state index < -0.39 is 11.9 Å². The molecule has 1 saturated carbocycles. The van der Waals surface area contributed by atoms with Crippen LogP contribution in [-0.4, -0.2) is 23.1 Å². The van der Waals surface area contributed by atoms with Crippen molar-refractivity contribution in [1.29, 1.82) is 0 Å². The maximum atomic E-state index is 12.6. The zero-order chi connectivity index (χ0) is 14.7. The van der Waals surface area contributed by atoms with Gasteiger partial charge in [-0.15, -0.1) is 11.8 Å². The second kappa shape index (κ2) is 6.44. The summed E-state index contributed by atoms with van der Waals surface area (Å²) in [6.45, 7) is 2.06. The number of hydrogen-bond acceptors (Lipinski definition) is 3. The van der Waals surface area contributed by atoms with E-state index in [0.29, 0.717) is 24.3 Å². The highest BCUT2D eigenvalue weighted by Gasteiger charge is 2.42. The zero-order valence-electron chi connectivity index (χ0n) is 11.8. The van der Waals surface area contributed by atoms with E-state index in [0.717, 1.165) is 11.3 Å². The Morgan fingerprint density at radius 2 is 1.80 bits per heavy atom. The third-order valence-corrected chi connectivity index (χ3v) is 5.01. The van der Waals surface area contributed by atoms with Crippen LogP contribution in [0, 0.1) is 17.8 Å². The fourth-order valence-corrected chi connectivity index (χ4v) is 3.42. The van der Waals surface area contributed by atoms with Gasteiger partial charge in [0.25, 0.3) is 0 Å². The van der Waals surface area contributed by atoms with E-state index in [1.54, 1.807) is 11.8 Å². The van der Waals surface area contributed by atoms with Crippen molar-refractivity contribution >= 4 is 23.5 Å². The van der Waals surface area contributed by atoms with Crippen LogP contribution in [0.2, 0.25) is 0 Å². The molecule has 0 aliphatic heterocycles. The smallest absolute Gasteiger partial charge is 0.307 e. The SMILES string of the molecule is CCC1CC(C(=O)O)C(C(=O)c2ccc(SC)cc2)C1. The van der Waals surface area contributed by atoms with Gasteiger partial charge in [0.15, 0.2) is 5.78 Å². The summed E-state index contributed by atoms with van der Waals surface area (Å²) in [6.07, 6.45) is 4.26. The molecule has 0 radical (unpaired) electrons. The van der Waals surface area contributed by atoms with Crippen LogP contribution in [-0.2, 0) is 4.79 Å². The molecule has 20 heavy (non-hydrogen) atoms. The van der Waals surface area contributed by atoms with Crippen LogP contribution in [0.3, 0.4) is 0 Å². The van der Waals surface area contributed by atoms with Crippen LogP contribution in [0.1, 0.15) is 36.5 Å². The van der Waals surface area contributed by atoms with Gasteiger partial charge >= 0.3 is 5.97 Å². The number of carboxylic acid groups (broad SMARTS) is 1. The summed E-state index contributed by atoms with van der Waals surface area (Å²) in [5, 5.41) is 9.32. The molecule has 4 heteroatoms. The molecule has 1 fully saturated rings. The molecule has 1 N–H and O–H groups in total. The Morgan fingerprint density at radius 3 is 2.30 bits per heavy atom. The number of carbonyl (C=O) groups excluding carboxylic acids is 1. The molecule has 0 aromatic heterocycles. The molecule has 1 aromatic rings. The molecule has 0 spiro atoms. The lowest BCUT2D eigenvalue weighted by atomic mass is 9.88. The molecule has 1 aromatic carbocycles. The molecule has 2 rings (SSSR count). The van der Waals surface area contributed by atoms with Gasteiger partial charge in [-0.25, -0.2) is 0 Å². The summed E-state index contributed by atoms with van der Waals surface area (Å²) in [5.74, 6) is -1.37. The first-order valence-corrected chi connectivity index (χ1v) is 8.20. The molecule has 3 atom stereocenters. The van der Waals surface area contributed by atoms with E-state index in [2.05, 4.69) is 6.92 Å². The van der Waals surface area contributed by atoms with Crippen molar-refractivity contribution in [2.24, 2.45) is 17.8 Å². The minimum atomic E-state index is -0.833. The van der Waals surface area contributed by atoms with E-state index >= 15 is 0 Å². The lowest BCUT2D eigenvalue weighted by Gasteiger charge is -2.14. The van der Waals surface area contributed by atoms with Gasteiger partial charge in [0, 0.05) is 16.4 Å². The summed E-state index contributed by atoms with van der Waals surface area (Å²) < 4.78 is 0. The number of Topliss-reactive ketones (excluding diaryl/α,β-unsaturated/α-hetero) is 1. The molecule has 0 bridgehead atoms. The van der Waals surface area contributed by atoms with E-state index in [1.807, 2.05) is 30.5 Å². The van der Waals surface area contributed by atoms with Crippen molar-refractivity contribution in [1.82, 2.24) is 0 Å². The molecule has 1 aliphatic carbocycles. The summed E-state index contributed by atoms with van der Waals surface area (Å²) in [7, 11) is 0. The van der Waals surface area contributed by atoms with Gasteiger partial charge < -0.3 is 5.11 Å². The predicted molar refractivity (Wildman–Crippen MR) is 80.2 cm³/mol. The number of aliphatic carboxylic acids is 1. The number of rotatable bonds is 5. The fraction of sp³-hybridized carbons (Fsp3) is 0.500. The highest BCUT2D eigenvalue weighted by Crippen LogP contribution is 2.40. The normalized spacial score (nSPS) is 25.6. The Kier molecular flexibility index (Phi) is 4.86. The maximum Gasteiger partial charge on any atom is 0.307 e. The molecule has 3 nitrogen and oxygen atoms in total. The van der Waals surface area contributed by atoms with Crippen molar-refractivity contribution in [2.75, 3.05) is 6.26 Å². The minimum Gasteiger partial charge on any atom is -0.481 e. The van der Waals surface area contributed by atoms with Gasteiger partial charge in [-0.05, 0) is 37.1 Å². The van der Waals surface area contributed by atoms with Gasteiger partial charge in [-0.2, -0.15) is 0 Å². The van der Waals surface area contributed by atoms with E-state index in [4.69, 9.17) is 0 Å². The molecular weight excluding hydrogens is 272 g/mol. The average Bonchev–Trinajstić information content (AvgIpc) is 2.91. The quantitative estimate of drug-likeness (QED) is 0.663. The van der Waals surface area contributed by atoms with Gasteiger partial charge in [0.2, 0.25) is 0 Å². The predicted octanol–water partition coefficient (Wildman–Crippen LogP) is 3.73. The van der Waals surface area contributed by atoms with Crippen LogP contribution in [0.15, 0.2) is 29.2 Å². The lowest BCUT2D eigenvalue weighted by Crippen LogP contribution is -2.25. The topological polar surface area (TPSA) is 54.4 Å². The first kappa shape index (κ1) is 15.1. The summed E-state index contributed by atoms with van der Waals surface area (Å²) >= 11 is 1.63. The van der Waals surface area contributed by atoms with Crippen LogP contribution in [0.5, 0.6) is 0 Å². The third-order valence-electron chi connectivity index (χ3n) is 4.27. The highest BCUT2D eigenvalue weighted by molar-refractivity contribution is 7.98. The number of carboxylic acids is 1. The van der Waals surface area contributed by atoms with E-state index in [-0.39, 0.29) is 11.7 Å². The zero-order valence-corrected chi connectivity index (χ0v) is 12.7. The van der Waals surface area contributed by atoms with Crippen molar-refractivity contribution in [3.8, 4) is 0 Å². The largest absolute Gasteiger partial charge is 0.481 e. The minimum absolute atomic E-state index is 0.0130. The van der Waals surface area contributed by atoms with Crippen molar-refractivity contribution in [3.63, 3.8) is 0 Å². The van der Waals surface area contributed by atoms with E-state index in [1.165, 1.54) is 0 Å². The molecule has 108 valence electrons.